The van der Waals surface area contributed by atoms with Crippen molar-refractivity contribution in [1.82, 2.24) is 0 Å². The predicted molar refractivity (Wildman–Crippen MR) is 93.1 cm³/mol. The van der Waals surface area contributed by atoms with Crippen molar-refractivity contribution < 1.29 is 24.2 Å². The maximum absolute atomic E-state index is 11.1. The average Bonchev–Trinajstić information content (AvgIpc) is 2.46. The van der Waals surface area contributed by atoms with E-state index in [1.165, 1.54) is 0 Å². The van der Waals surface area contributed by atoms with Crippen LogP contribution in [0.4, 0.5) is 0 Å². The fourth-order valence-electron chi connectivity index (χ4n) is 2.58. The number of aliphatic hydroxyl groups excluding tert-OH is 1. The first-order chi connectivity index (χ1) is 11.1. The van der Waals surface area contributed by atoms with Crippen LogP contribution in [-0.2, 0) is 16.1 Å². The Balaban J connectivity index is 2.21. The second-order valence-electron chi connectivity index (χ2n) is 6.39. The lowest BCUT2D eigenvalue weighted by atomic mass is 9.78. The Kier molecular flexibility index (Phi) is 5.51. The van der Waals surface area contributed by atoms with Gasteiger partial charge in [0, 0.05) is 5.41 Å². The van der Waals surface area contributed by atoms with E-state index in [1.807, 2.05) is 36.4 Å². The smallest absolute Gasteiger partial charge is 0.329 e. The van der Waals surface area contributed by atoms with Crippen molar-refractivity contribution in [2.24, 2.45) is 0 Å². The van der Waals surface area contributed by atoms with Crippen molar-refractivity contribution in [3.8, 4) is 5.75 Å². The molecular formula is C18H23O5P. The summed E-state index contributed by atoms with van der Waals surface area (Å²) in [6.07, 6.45) is -1.11. The third kappa shape index (κ3) is 4.92. The van der Waals surface area contributed by atoms with Crippen molar-refractivity contribution in [3.63, 3.8) is 0 Å². The van der Waals surface area contributed by atoms with Crippen LogP contribution in [0.3, 0.4) is 0 Å². The van der Waals surface area contributed by atoms with Gasteiger partial charge < -0.3 is 19.6 Å². The van der Waals surface area contributed by atoms with Crippen LogP contribution in [-0.4, -0.2) is 21.2 Å². The summed E-state index contributed by atoms with van der Waals surface area (Å²) in [6, 6.07) is 14.8. The Labute approximate surface area is 142 Å². The second kappa shape index (κ2) is 7.08. The van der Waals surface area contributed by atoms with Gasteiger partial charge in [-0.25, -0.2) is 0 Å². The van der Waals surface area contributed by atoms with Gasteiger partial charge in [-0.3, -0.25) is 4.57 Å². The maximum Gasteiger partial charge on any atom is 0.329 e. The van der Waals surface area contributed by atoms with Gasteiger partial charge in [0.25, 0.3) is 0 Å². The quantitative estimate of drug-likeness (QED) is 0.549. The molecule has 1 atom stereocenters. The van der Waals surface area contributed by atoms with Crippen molar-refractivity contribution >= 4 is 7.60 Å². The number of benzene rings is 2. The highest BCUT2D eigenvalue weighted by atomic mass is 31.2. The highest BCUT2D eigenvalue weighted by Gasteiger charge is 2.23. The van der Waals surface area contributed by atoms with E-state index in [9.17, 15) is 9.67 Å². The van der Waals surface area contributed by atoms with Gasteiger partial charge >= 0.3 is 7.60 Å². The largest absolute Gasteiger partial charge is 0.465 e. The lowest BCUT2D eigenvalue weighted by Gasteiger charge is -2.26. The van der Waals surface area contributed by atoms with Crippen LogP contribution in [0.15, 0.2) is 48.5 Å². The monoisotopic (exact) mass is 350 g/mol. The van der Waals surface area contributed by atoms with Crippen molar-refractivity contribution in [1.29, 1.82) is 0 Å². The van der Waals surface area contributed by atoms with E-state index >= 15 is 0 Å². The highest BCUT2D eigenvalue weighted by molar-refractivity contribution is 7.50. The Hall–Kier alpha value is -1.65. The van der Waals surface area contributed by atoms with E-state index in [1.54, 1.807) is 19.1 Å². The summed E-state index contributed by atoms with van der Waals surface area (Å²) in [5.41, 5.74) is 2.46. The van der Waals surface area contributed by atoms with Gasteiger partial charge in [0.05, 0.1) is 6.16 Å². The molecule has 24 heavy (non-hydrogen) atoms. The molecule has 0 radical (unpaired) electrons. The molecule has 6 heteroatoms. The standard InChI is InChI=1S/C18H23O5P/c1-13(19)23-17-10-8-16(9-11-17)18(2,3)15-6-4-14(5-7-15)12-24(20,21)22/h4-11,13,19H,12H2,1-3H3,(H2,20,21,22). The summed E-state index contributed by atoms with van der Waals surface area (Å²) in [7, 11) is -4.05. The summed E-state index contributed by atoms with van der Waals surface area (Å²) in [4.78, 5) is 18.1. The lowest BCUT2D eigenvalue weighted by molar-refractivity contribution is -0.000311. The lowest BCUT2D eigenvalue weighted by Crippen LogP contribution is -2.19. The fraction of sp³-hybridized carbons (Fsp3) is 0.333. The minimum absolute atomic E-state index is 0.251. The van der Waals surface area contributed by atoms with Crippen LogP contribution in [0.25, 0.3) is 0 Å². The van der Waals surface area contributed by atoms with Crippen LogP contribution in [0.1, 0.15) is 37.5 Å². The van der Waals surface area contributed by atoms with Gasteiger partial charge in [0.2, 0.25) is 0 Å². The summed E-state index contributed by atoms with van der Waals surface area (Å²) >= 11 is 0. The van der Waals surface area contributed by atoms with E-state index < -0.39 is 13.9 Å². The third-order valence-corrected chi connectivity index (χ3v) is 4.72. The molecule has 0 spiro atoms. The summed E-state index contributed by atoms with van der Waals surface area (Å²) in [6.45, 7) is 5.71. The van der Waals surface area contributed by atoms with E-state index in [-0.39, 0.29) is 11.6 Å². The van der Waals surface area contributed by atoms with Gasteiger partial charge in [-0.1, -0.05) is 50.2 Å². The van der Waals surface area contributed by atoms with Crippen LogP contribution in [0.5, 0.6) is 5.75 Å². The molecule has 0 saturated heterocycles. The normalized spacial score (nSPS) is 13.6. The molecule has 0 aliphatic heterocycles. The molecule has 0 aromatic heterocycles. The molecule has 0 heterocycles. The fourth-order valence-corrected chi connectivity index (χ4v) is 3.26. The van der Waals surface area contributed by atoms with E-state index in [2.05, 4.69) is 13.8 Å². The summed E-state index contributed by atoms with van der Waals surface area (Å²) < 4.78 is 16.3. The molecule has 2 aromatic carbocycles. The zero-order valence-electron chi connectivity index (χ0n) is 14.0. The molecule has 3 N–H and O–H groups in total. The van der Waals surface area contributed by atoms with Gasteiger partial charge in [-0.2, -0.15) is 0 Å². The first-order valence-electron chi connectivity index (χ1n) is 7.67. The number of aliphatic hydroxyl groups is 1. The first-order valence-corrected chi connectivity index (χ1v) is 9.47. The number of hydrogen-bond acceptors (Lipinski definition) is 3. The molecule has 0 bridgehead atoms. The molecule has 2 aromatic rings. The van der Waals surface area contributed by atoms with Crippen molar-refractivity contribution in [3.05, 3.63) is 65.2 Å². The molecule has 5 nitrogen and oxygen atoms in total. The predicted octanol–water partition coefficient (Wildman–Crippen LogP) is 3.41. The first kappa shape index (κ1) is 18.7. The van der Waals surface area contributed by atoms with Gasteiger partial charge in [-0.05, 0) is 35.7 Å². The molecule has 2 rings (SSSR count). The summed E-state index contributed by atoms with van der Waals surface area (Å²) in [5, 5.41) is 9.24. The zero-order valence-corrected chi connectivity index (χ0v) is 14.9. The van der Waals surface area contributed by atoms with Gasteiger partial charge in [-0.15, -0.1) is 0 Å². The molecular weight excluding hydrogens is 327 g/mol. The van der Waals surface area contributed by atoms with Crippen molar-refractivity contribution in [2.45, 2.75) is 38.6 Å². The molecule has 0 aliphatic rings. The molecule has 0 saturated carbocycles. The molecule has 0 amide bonds. The Bertz CT molecular complexity index is 714. The minimum Gasteiger partial charge on any atom is -0.465 e. The number of rotatable bonds is 6. The van der Waals surface area contributed by atoms with E-state index in [0.29, 0.717) is 11.3 Å². The SMILES string of the molecule is CC(O)Oc1ccc(C(C)(C)c2ccc(CP(=O)(O)O)cc2)cc1. The van der Waals surface area contributed by atoms with Crippen molar-refractivity contribution in [2.75, 3.05) is 0 Å². The van der Waals surface area contributed by atoms with Crippen LogP contribution in [0.2, 0.25) is 0 Å². The molecule has 0 fully saturated rings. The Morgan fingerprint density at radius 2 is 1.46 bits per heavy atom. The second-order valence-corrected chi connectivity index (χ2v) is 8.03. The van der Waals surface area contributed by atoms with Gasteiger partial charge in [0.15, 0.2) is 6.29 Å². The molecule has 130 valence electrons. The Morgan fingerprint density at radius 3 is 1.88 bits per heavy atom. The maximum atomic E-state index is 11.1. The third-order valence-electron chi connectivity index (χ3n) is 3.95. The minimum atomic E-state index is -4.05. The topological polar surface area (TPSA) is 87.0 Å². The molecule has 0 aliphatic carbocycles. The van der Waals surface area contributed by atoms with Crippen LogP contribution < -0.4 is 4.74 Å². The van der Waals surface area contributed by atoms with Crippen LogP contribution in [0, 0.1) is 0 Å². The number of ether oxygens (including phenoxy) is 1. The van der Waals surface area contributed by atoms with E-state index in [4.69, 9.17) is 14.5 Å². The van der Waals surface area contributed by atoms with Crippen LogP contribution >= 0.6 is 7.60 Å². The van der Waals surface area contributed by atoms with E-state index in [0.717, 1.165) is 11.1 Å². The highest BCUT2D eigenvalue weighted by Crippen LogP contribution is 2.39. The Morgan fingerprint density at radius 1 is 1.00 bits per heavy atom. The number of hydrogen-bond donors (Lipinski definition) is 3. The van der Waals surface area contributed by atoms with Gasteiger partial charge in [0.1, 0.15) is 5.75 Å². The summed E-state index contributed by atoms with van der Waals surface area (Å²) in [5.74, 6) is 0.599. The zero-order chi connectivity index (χ0) is 18.0. The molecule has 1 unspecified atom stereocenters. The average molecular weight is 350 g/mol.